The summed E-state index contributed by atoms with van der Waals surface area (Å²) in [5, 5.41) is 18.0. The van der Waals surface area contributed by atoms with E-state index in [-0.39, 0.29) is 45.5 Å². The molecule has 2 unspecified atom stereocenters. The summed E-state index contributed by atoms with van der Waals surface area (Å²) >= 11 is 17.3. The Bertz CT molecular complexity index is 2180. The Morgan fingerprint density at radius 2 is 1.11 bits per heavy atom. The molecule has 2 fully saturated rings. The van der Waals surface area contributed by atoms with Crippen LogP contribution in [0.4, 0.5) is 27.5 Å². The van der Waals surface area contributed by atoms with Gasteiger partial charge in [-0.15, -0.1) is 0 Å². The zero-order chi connectivity index (χ0) is 39.2. The second-order valence-electron chi connectivity index (χ2n) is 11.8. The lowest BCUT2D eigenvalue weighted by Crippen LogP contribution is -2.43. The monoisotopic (exact) mass is 778 g/mol. The first kappa shape index (κ1) is 38.5. The zero-order valence-electron chi connectivity index (χ0n) is 28.2. The number of ether oxygens (including phenoxy) is 4. The summed E-state index contributed by atoms with van der Waals surface area (Å²) in [7, 11) is 0. The van der Waals surface area contributed by atoms with Crippen LogP contribution in [0.5, 0.6) is 11.5 Å². The lowest BCUT2D eigenvalue weighted by molar-refractivity contribution is -0.131. The molecule has 0 bridgehead atoms. The van der Waals surface area contributed by atoms with Crippen LogP contribution in [0, 0.1) is 35.8 Å². The molecule has 3 amide bonds. The van der Waals surface area contributed by atoms with E-state index in [2.05, 4.69) is 9.69 Å². The smallest absolute Gasteiger partial charge is 0.422 e. The van der Waals surface area contributed by atoms with Crippen LogP contribution in [-0.4, -0.2) is 47.5 Å². The number of hydrogen-bond acceptors (Lipinski definition) is 10. The van der Waals surface area contributed by atoms with Gasteiger partial charge in [-0.2, -0.15) is 10.5 Å². The third-order valence-corrected chi connectivity index (χ3v) is 8.79. The minimum absolute atomic E-state index is 0.0162. The Morgan fingerprint density at radius 1 is 0.704 bits per heavy atom. The highest BCUT2D eigenvalue weighted by Gasteiger charge is 2.52. The topological polar surface area (TPSA) is 151 Å². The molecule has 6 rings (SSSR count). The average Bonchev–Trinajstić information content (AvgIpc) is 3.54. The van der Waals surface area contributed by atoms with Gasteiger partial charge in [0.1, 0.15) is 24.7 Å². The number of imide groups is 1. The van der Waals surface area contributed by atoms with Crippen molar-refractivity contribution in [2.75, 3.05) is 23.0 Å². The molecule has 13 nitrogen and oxygen atoms in total. The fraction of sp³-hybridized carbons (Fsp3) is 0.158. The normalized spacial score (nSPS) is 18.6. The first-order valence-electron chi connectivity index (χ1n) is 15.5. The van der Waals surface area contributed by atoms with Crippen molar-refractivity contribution >= 4 is 81.3 Å². The number of rotatable bonds is 8. The van der Waals surface area contributed by atoms with Crippen molar-refractivity contribution in [3.63, 3.8) is 0 Å². The van der Waals surface area contributed by atoms with Crippen LogP contribution in [0.3, 0.4) is 0 Å². The number of amides is 3. The molecule has 0 aromatic heterocycles. The van der Waals surface area contributed by atoms with E-state index in [1.807, 2.05) is 12.1 Å². The highest BCUT2D eigenvalue weighted by atomic mass is 35.5. The molecule has 0 saturated carbocycles. The standard InChI is InChI=1S/C19H12ClN3O4.C19H12ClN3O3S/c1-19(11-26-14-6-3-12(10-21)4-7-14)17(24)23(18(25)27-19)13-5-8-16(22-2)15(20)9-13;1-19(11-25-14-6-3-12(10-21)4-7-14)17(24)23(18(27)26-19)13-5-8-16(22-2)15(20)9-13/h2*3-9H,11H2,1H3. The van der Waals surface area contributed by atoms with E-state index < -0.39 is 29.1 Å². The molecule has 0 spiro atoms. The lowest BCUT2D eigenvalue weighted by atomic mass is 10.1. The van der Waals surface area contributed by atoms with Gasteiger partial charge in [0.25, 0.3) is 17.0 Å². The number of carbonyl (C=O) groups excluding carboxylic acids is 3. The van der Waals surface area contributed by atoms with E-state index in [9.17, 15) is 14.4 Å². The van der Waals surface area contributed by atoms with E-state index in [1.54, 1.807) is 61.5 Å². The fourth-order valence-corrected chi connectivity index (χ4v) is 5.78. The summed E-state index contributed by atoms with van der Waals surface area (Å²) in [5.41, 5.74) is -0.713. The predicted molar refractivity (Wildman–Crippen MR) is 201 cm³/mol. The molecule has 0 aliphatic carbocycles. The molecule has 2 aliphatic heterocycles. The summed E-state index contributed by atoms with van der Waals surface area (Å²) < 4.78 is 22.1. The van der Waals surface area contributed by atoms with Gasteiger partial charge in [0.2, 0.25) is 22.6 Å². The number of anilines is 2. The minimum Gasteiger partial charge on any atom is -0.489 e. The van der Waals surface area contributed by atoms with Crippen LogP contribution in [0.1, 0.15) is 25.0 Å². The Morgan fingerprint density at radius 3 is 1.52 bits per heavy atom. The van der Waals surface area contributed by atoms with Gasteiger partial charge in [-0.05, 0) is 98.9 Å². The largest absolute Gasteiger partial charge is 0.489 e. The van der Waals surface area contributed by atoms with Crippen molar-refractivity contribution in [1.29, 1.82) is 10.5 Å². The summed E-state index contributed by atoms with van der Waals surface area (Å²) in [6.07, 6.45) is -0.849. The number of carbonyl (C=O) groups is 3. The van der Waals surface area contributed by atoms with Crippen molar-refractivity contribution < 1.29 is 33.3 Å². The Balaban J connectivity index is 0.000000208. The molecule has 54 heavy (non-hydrogen) atoms. The molecular weight excluding hydrogens is 755 g/mol. The summed E-state index contributed by atoms with van der Waals surface area (Å²) in [4.78, 5) is 46.6. The molecule has 2 aliphatic rings. The van der Waals surface area contributed by atoms with Crippen molar-refractivity contribution in [3.05, 3.63) is 129 Å². The molecule has 2 heterocycles. The van der Waals surface area contributed by atoms with Gasteiger partial charge in [0.15, 0.2) is 0 Å². The van der Waals surface area contributed by atoms with Crippen LogP contribution in [-0.2, 0) is 19.1 Å². The molecule has 4 aromatic rings. The number of benzene rings is 4. The third kappa shape index (κ3) is 8.03. The van der Waals surface area contributed by atoms with Crippen LogP contribution in [0.2, 0.25) is 10.0 Å². The second-order valence-corrected chi connectivity index (χ2v) is 13.0. The van der Waals surface area contributed by atoms with Crippen molar-refractivity contribution in [2.45, 2.75) is 25.0 Å². The molecule has 2 atom stereocenters. The van der Waals surface area contributed by atoms with Crippen molar-refractivity contribution in [1.82, 2.24) is 0 Å². The quantitative estimate of drug-likeness (QED) is 0.126. The lowest BCUT2D eigenvalue weighted by Gasteiger charge is -2.21. The van der Waals surface area contributed by atoms with Gasteiger partial charge in [-0.1, -0.05) is 35.3 Å². The maximum atomic E-state index is 12.9. The van der Waals surface area contributed by atoms with Gasteiger partial charge in [0.05, 0.1) is 47.8 Å². The maximum Gasteiger partial charge on any atom is 0.422 e. The van der Waals surface area contributed by atoms with E-state index >= 15 is 0 Å². The van der Waals surface area contributed by atoms with Gasteiger partial charge in [-0.3, -0.25) is 9.59 Å². The third-order valence-electron chi connectivity index (χ3n) is 7.92. The highest BCUT2D eigenvalue weighted by molar-refractivity contribution is 7.80. The Hall–Kier alpha value is -6.68. The molecule has 0 radical (unpaired) electrons. The molecule has 268 valence electrons. The fourth-order valence-electron chi connectivity index (χ4n) is 4.98. The van der Waals surface area contributed by atoms with E-state index in [4.69, 9.17) is 78.0 Å². The molecule has 4 aromatic carbocycles. The van der Waals surface area contributed by atoms with E-state index in [0.29, 0.717) is 28.3 Å². The number of halogens is 2. The zero-order valence-corrected chi connectivity index (χ0v) is 30.5. The average molecular weight is 780 g/mol. The molecule has 0 N–H and O–H groups in total. The first-order chi connectivity index (χ1) is 25.7. The second kappa shape index (κ2) is 15.9. The maximum absolute atomic E-state index is 12.9. The Kier molecular flexibility index (Phi) is 11.4. The van der Waals surface area contributed by atoms with Gasteiger partial charge in [-0.25, -0.2) is 24.3 Å². The van der Waals surface area contributed by atoms with Crippen LogP contribution in [0.15, 0.2) is 84.9 Å². The van der Waals surface area contributed by atoms with Crippen molar-refractivity contribution in [3.8, 4) is 23.6 Å². The van der Waals surface area contributed by atoms with Gasteiger partial charge in [0, 0.05) is 10.0 Å². The van der Waals surface area contributed by atoms with E-state index in [1.165, 1.54) is 42.2 Å². The van der Waals surface area contributed by atoms with Gasteiger partial charge >= 0.3 is 6.09 Å². The van der Waals surface area contributed by atoms with Crippen LogP contribution in [0.25, 0.3) is 9.69 Å². The van der Waals surface area contributed by atoms with Crippen molar-refractivity contribution in [2.24, 2.45) is 0 Å². The summed E-state index contributed by atoms with van der Waals surface area (Å²) in [6.45, 7) is 16.8. The summed E-state index contributed by atoms with van der Waals surface area (Å²) in [5.74, 6) is -0.0667. The van der Waals surface area contributed by atoms with Crippen LogP contribution < -0.4 is 19.3 Å². The number of hydrogen-bond donors (Lipinski definition) is 0. The minimum atomic E-state index is -1.52. The Labute approximate surface area is 324 Å². The molecule has 2 saturated heterocycles. The molecular formula is C38H24Cl2N6O7S. The number of cyclic esters (lactones) is 1. The first-order valence-corrected chi connectivity index (χ1v) is 16.7. The number of nitriles is 2. The predicted octanol–water partition coefficient (Wildman–Crippen LogP) is 8.33. The van der Waals surface area contributed by atoms with Crippen LogP contribution >= 0.6 is 35.4 Å². The number of nitrogens with zero attached hydrogens (tertiary/aromatic N) is 6. The summed E-state index contributed by atoms with van der Waals surface area (Å²) in [6, 6.07) is 25.7. The highest BCUT2D eigenvalue weighted by Crippen LogP contribution is 2.36. The van der Waals surface area contributed by atoms with Gasteiger partial charge < -0.3 is 18.9 Å². The molecule has 16 heteroatoms. The number of thiocarbonyl (C=S) groups is 1. The SMILES string of the molecule is [C-]#[N+]c1ccc(N2C(=O)C(C)(COc3ccc(C#N)cc3)OC2=S)cc1Cl.[C-]#[N+]c1ccc(N2C(=O)OC(C)(COc3ccc(C#N)cc3)C2=O)cc1Cl. The van der Waals surface area contributed by atoms with E-state index in [0.717, 1.165) is 4.90 Å².